The minimum absolute atomic E-state index is 0.0536. The molecule has 29 heavy (non-hydrogen) atoms. The van der Waals surface area contributed by atoms with Crippen molar-refractivity contribution in [3.05, 3.63) is 77.6 Å². The van der Waals surface area contributed by atoms with Gasteiger partial charge < -0.3 is 24.4 Å². The van der Waals surface area contributed by atoms with Crippen LogP contribution in [0, 0.1) is 0 Å². The summed E-state index contributed by atoms with van der Waals surface area (Å²) in [7, 11) is 1.63. The fourth-order valence-electron chi connectivity index (χ4n) is 3.62. The maximum atomic E-state index is 13.1. The zero-order valence-electron chi connectivity index (χ0n) is 15.8. The lowest BCUT2D eigenvalue weighted by atomic mass is 10.2. The first kappa shape index (κ1) is 17.4. The molecule has 0 spiro atoms. The van der Waals surface area contributed by atoms with Crippen LogP contribution in [-0.2, 0) is 6.54 Å². The number of carbonyl (C=O) groups is 1. The Labute approximate surface area is 167 Å². The van der Waals surface area contributed by atoms with Gasteiger partial charge in [0.15, 0.2) is 11.5 Å². The summed E-state index contributed by atoms with van der Waals surface area (Å²) in [4.78, 5) is 19.3. The van der Waals surface area contributed by atoms with E-state index in [9.17, 15) is 4.79 Å². The molecule has 2 aliphatic rings. The SMILES string of the molecule is COc1ccc(CN2C(=O)c3cccnc3[C@H]2Nc2ccc3c(c2)OCO3)cc1. The van der Waals surface area contributed by atoms with Gasteiger partial charge in [0.05, 0.1) is 18.4 Å². The molecule has 2 aromatic carbocycles. The van der Waals surface area contributed by atoms with Crippen molar-refractivity contribution in [3.63, 3.8) is 0 Å². The smallest absolute Gasteiger partial charge is 0.258 e. The van der Waals surface area contributed by atoms with Crippen LogP contribution in [0.4, 0.5) is 5.69 Å². The number of methoxy groups -OCH3 is 1. The fourth-order valence-corrected chi connectivity index (χ4v) is 3.62. The molecule has 0 radical (unpaired) electrons. The summed E-state index contributed by atoms with van der Waals surface area (Å²) in [5, 5.41) is 3.43. The lowest BCUT2D eigenvalue weighted by Gasteiger charge is -2.26. The van der Waals surface area contributed by atoms with Crippen molar-refractivity contribution in [2.24, 2.45) is 0 Å². The summed E-state index contributed by atoms with van der Waals surface area (Å²) < 4.78 is 16.1. The highest BCUT2D eigenvalue weighted by molar-refractivity contribution is 5.98. The van der Waals surface area contributed by atoms with Crippen LogP contribution in [0.1, 0.15) is 27.8 Å². The van der Waals surface area contributed by atoms with Gasteiger partial charge in [-0.1, -0.05) is 12.1 Å². The van der Waals surface area contributed by atoms with E-state index < -0.39 is 0 Å². The lowest BCUT2D eigenvalue weighted by molar-refractivity contribution is 0.0728. The first-order chi connectivity index (χ1) is 14.2. The minimum Gasteiger partial charge on any atom is -0.497 e. The molecule has 0 saturated carbocycles. The van der Waals surface area contributed by atoms with Crippen LogP contribution in [0.15, 0.2) is 60.8 Å². The predicted molar refractivity (Wildman–Crippen MR) is 106 cm³/mol. The number of hydrogen-bond acceptors (Lipinski definition) is 6. The average Bonchev–Trinajstić information content (AvgIpc) is 3.33. The van der Waals surface area contributed by atoms with Gasteiger partial charge in [-0.15, -0.1) is 0 Å². The van der Waals surface area contributed by atoms with Crippen molar-refractivity contribution in [2.45, 2.75) is 12.7 Å². The Morgan fingerprint density at radius 1 is 1.14 bits per heavy atom. The second-order valence-corrected chi connectivity index (χ2v) is 6.83. The van der Waals surface area contributed by atoms with Crippen molar-refractivity contribution < 1.29 is 19.0 Å². The van der Waals surface area contributed by atoms with Gasteiger partial charge in [0, 0.05) is 24.5 Å². The van der Waals surface area contributed by atoms with Crippen LogP contribution in [-0.4, -0.2) is 29.7 Å². The minimum atomic E-state index is -0.388. The van der Waals surface area contributed by atoms with Crippen molar-refractivity contribution in [1.29, 1.82) is 0 Å². The molecule has 1 aromatic heterocycles. The molecule has 0 aliphatic carbocycles. The Balaban J connectivity index is 1.46. The normalized spacial score (nSPS) is 16.7. The molecule has 1 atom stereocenters. The van der Waals surface area contributed by atoms with E-state index in [-0.39, 0.29) is 18.9 Å². The standard InChI is InChI=1S/C22H19N3O4/c1-27-16-7-4-14(5-8-16)12-25-21(20-17(22(25)26)3-2-10-23-20)24-15-6-9-18-19(11-15)29-13-28-18/h2-11,21,24H,12-13H2,1H3/t21-/m0/s1. The van der Waals surface area contributed by atoms with Crippen molar-refractivity contribution in [3.8, 4) is 17.2 Å². The molecular weight excluding hydrogens is 370 g/mol. The molecule has 5 rings (SSSR count). The van der Waals surface area contributed by atoms with Gasteiger partial charge in [-0.25, -0.2) is 0 Å². The Kier molecular flexibility index (Phi) is 4.20. The quantitative estimate of drug-likeness (QED) is 0.719. The van der Waals surface area contributed by atoms with E-state index in [0.717, 1.165) is 17.0 Å². The van der Waals surface area contributed by atoms with Crippen molar-refractivity contribution in [1.82, 2.24) is 9.88 Å². The fraction of sp³-hybridized carbons (Fsp3) is 0.182. The third-order valence-corrected chi connectivity index (χ3v) is 5.09. The van der Waals surface area contributed by atoms with Crippen molar-refractivity contribution in [2.75, 3.05) is 19.2 Å². The zero-order chi connectivity index (χ0) is 19.8. The van der Waals surface area contributed by atoms with Gasteiger partial charge >= 0.3 is 0 Å². The Morgan fingerprint density at radius 3 is 2.79 bits per heavy atom. The van der Waals surface area contributed by atoms with Gasteiger partial charge in [0.1, 0.15) is 11.9 Å². The summed E-state index contributed by atoms with van der Waals surface area (Å²) in [6.07, 6.45) is 1.32. The number of anilines is 1. The van der Waals surface area contributed by atoms with Gasteiger partial charge in [0.25, 0.3) is 5.91 Å². The number of fused-ring (bicyclic) bond motifs is 2. The number of nitrogens with zero attached hydrogens (tertiary/aromatic N) is 2. The van der Waals surface area contributed by atoms with Crippen LogP contribution >= 0.6 is 0 Å². The van der Waals surface area contributed by atoms with E-state index in [4.69, 9.17) is 14.2 Å². The molecule has 0 fully saturated rings. The number of hydrogen-bond donors (Lipinski definition) is 1. The number of nitrogens with one attached hydrogen (secondary N) is 1. The van der Waals surface area contributed by atoms with E-state index in [1.165, 1.54) is 0 Å². The largest absolute Gasteiger partial charge is 0.497 e. The average molecular weight is 389 g/mol. The number of pyridine rings is 1. The summed E-state index contributed by atoms with van der Waals surface area (Å²) in [6, 6.07) is 16.9. The molecule has 3 aromatic rings. The first-order valence-electron chi connectivity index (χ1n) is 9.28. The summed E-state index contributed by atoms with van der Waals surface area (Å²) >= 11 is 0. The number of rotatable bonds is 5. The zero-order valence-corrected chi connectivity index (χ0v) is 15.8. The first-order valence-corrected chi connectivity index (χ1v) is 9.28. The number of ether oxygens (including phenoxy) is 3. The summed E-state index contributed by atoms with van der Waals surface area (Å²) in [6.45, 7) is 0.663. The molecule has 2 aliphatic heterocycles. The third-order valence-electron chi connectivity index (χ3n) is 5.09. The molecule has 0 unspecified atom stereocenters. The second-order valence-electron chi connectivity index (χ2n) is 6.83. The monoisotopic (exact) mass is 389 g/mol. The lowest BCUT2D eigenvalue weighted by Crippen LogP contribution is -2.32. The molecule has 0 bridgehead atoms. The highest BCUT2D eigenvalue weighted by atomic mass is 16.7. The number of benzene rings is 2. The van der Waals surface area contributed by atoms with E-state index in [1.54, 1.807) is 24.3 Å². The van der Waals surface area contributed by atoms with Gasteiger partial charge in [-0.05, 0) is 42.0 Å². The number of carbonyl (C=O) groups excluding carboxylic acids is 1. The molecule has 7 heteroatoms. The molecule has 1 amide bonds. The van der Waals surface area contributed by atoms with Gasteiger partial charge in [0.2, 0.25) is 6.79 Å². The van der Waals surface area contributed by atoms with E-state index in [0.29, 0.717) is 29.3 Å². The Morgan fingerprint density at radius 2 is 1.97 bits per heavy atom. The summed E-state index contributed by atoms with van der Waals surface area (Å²) in [5.74, 6) is 2.12. The van der Waals surface area contributed by atoms with Gasteiger partial charge in [-0.3, -0.25) is 9.78 Å². The highest BCUT2D eigenvalue weighted by Crippen LogP contribution is 2.38. The second kappa shape index (κ2) is 7.01. The van der Waals surface area contributed by atoms with Gasteiger partial charge in [-0.2, -0.15) is 0 Å². The van der Waals surface area contributed by atoms with Crippen LogP contribution in [0.3, 0.4) is 0 Å². The molecule has 1 N–H and O–H groups in total. The van der Waals surface area contributed by atoms with Crippen LogP contribution in [0.5, 0.6) is 17.2 Å². The molecular formula is C22H19N3O4. The van der Waals surface area contributed by atoms with Crippen LogP contribution < -0.4 is 19.5 Å². The highest BCUT2D eigenvalue weighted by Gasteiger charge is 2.38. The molecule has 146 valence electrons. The van der Waals surface area contributed by atoms with Crippen LogP contribution in [0.2, 0.25) is 0 Å². The van der Waals surface area contributed by atoms with E-state index in [1.807, 2.05) is 48.5 Å². The van der Waals surface area contributed by atoms with Crippen molar-refractivity contribution >= 4 is 11.6 Å². The van der Waals surface area contributed by atoms with E-state index >= 15 is 0 Å². The third kappa shape index (κ3) is 3.10. The molecule has 0 saturated heterocycles. The Bertz CT molecular complexity index is 1070. The number of amides is 1. The molecule has 7 nitrogen and oxygen atoms in total. The van der Waals surface area contributed by atoms with E-state index in [2.05, 4.69) is 10.3 Å². The maximum absolute atomic E-state index is 13.1. The molecule has 3 heterocycles. The van der Waals surface area contributed by atoms with Crippen LogP contribution in [0.25, 0.3) is 0 Å². The predicted octanol–water partition coefficient (Wildman–Crippen LogP) is 3.59. The Hall–Kier alpha value is -3.74. The number of aromatic nitrogens is 1. The topological polar surface area (TPSA) is 72.9 Å². The summed E-state index contributed by atoms with van der Waals surface area (Å²) in [5.41, 5.74) is 3.15. The maximum Gasteiger partial charge on any atom is 0.258 e.